The Morgan fingerprint density at radius 2 is 2.12 bits per heavy atom. The molecule has 5 nitrogen and oxygen atoms in total. The summed E-state index contributed by atoms with van der Waals surface area (Å²) in [4.78, 5) is 0.0729. The number of aromatic nitrogens is 4. The molecule has 0 aliphatic carbocycles. The minimum absolute atomic E-state index is 0.0729. The Morgan fingerprint density at radius 1 is 1.29 bits per heavy atom. The molecule has 3 aromatic rings. The molecule has 9 heteroatoms. The molecular weight excluding hydrogens is 257 g/mol. The van der Waals surface area contributed by atoms with E-state index in [-0.39, 0.29) is 10.8 Å². The molecular formula is C8H3F3N4OS. The average Bonchev–Trinajstić information content (AvgIpc) is 2.91. The molecule has 0 saturated heterocycles. The van der Waals surface area contributed by atoms with Gasteiger partial charge in [0.05, 0.1) is 6.26 Å². The van der Waals surface area contributed by atoms with Crippen LogP contribution in [-0.2, 0) is 6.18 Å². The number of halogens is 3. The first-order chi connectivity index (χ1) is 8.05. The third-order valence-corrected chi connectivity index (χ3v) is 2.92. The molecule has 3 heterocycles. The Morgan fingerprint density at radius 3 is 2.76 bits per heavy atom. The van der Waals surface area contributed by atoms with Gasteiger partial charge in [0.2, 0.25) is 15.8 Å². The summed E-state index contributed by atoms with van der Waals surface area (Å²) in [6.45, 7) is 0. The van der Waals surface area contributed by atoms with E-state index >= 15 is 0 Å². The fourth-order valence-electron chi connectivity index (χ4n) is 1.29. The van der Waals surface area contributed by atoms with Crippen LogP contribution in [0.5, 0.6) is 0 Å². The van der Waals surface area contributed by atoms with E-state index in [1.165, 1.54) is 6.26 Å². The van der Waals surface area contributed by atoms with Crippen molar-refractivity contribution in [2.75, 3.05) is 0 Å². The summed E-state index contributed by atoms with van der Waals surface area (Å²) in [6, 6.07) is 3.18. The molecule has 0 aliphatic rings. The van der Waals surface area contributed by atoms with Gasteiger partial charge in [-0.1, -0.05) is 11.3 Å². The summed E-state index contributed by atoms with van der Waals surface area (Å²) in [6.07, 6.45) is -3.08. The van der Waals surface area contributed by atoms with Gasteiger partial charge in [0.1, 0.15) is 0 Å². The van der Waals surface area contributed by atoms with E-state index in [1.54, 1.807) is 12.1 Å². The Labute approximate surface area is 95.5 Å². The first-order valence-corrected chi connectivity index (χ1v) is 5.20. The second-order valence-electron chi connectivity index (χ2n) is 3.10. The molecule has 3 aromatic heterocycles. The molecule has 0 saturated carbocycles. The third-order valence-electron chi connectivity index (χ3n) is 1.97. The molecule has 17 heavy (non-hydrogen) atoms. The van der Waals surface area contributed by atoms with Crippen molar-refractivity contribution in [3.8, 4) is 11.6 Å². The molecule has 0 aliphatic heterocycles. The molecule has 0 bridgehead atoms. The van der Waals surface area contributed by atoms with Crippen LogP contribution in [0, 0.1) is 0 Å². The standard InChI is InChI=1S/C8H3F3N4OS/c9-8(10,11)6-14-15-5(4-2-1-3-16-4)12-13-7(15)17-6/h1-3H. The number of nitrogens with zero attached hydrogens (tertiary/aromatic N) is 4. The van der Waals surface area contributed by atoms with E-state index in [2.05, 4.69) is 15.3 Å². The Hall–Kier alpha value is -1.90. The maximum absolute atomic E-state index is 12.4. The molecule has 0 atom stereocenters. The van der Waals surface area contributed by atoms with Crippen LogP contribution < -0.4 is 0 Å². The number of hydrogen-bond acceptors (Lipinski definition) is 5. The van der Waals surface area contributed by atoms with Crippen molar-refractivity contribution in [1.82, 2.24) is 19.8 Å². The zero-order valence-corrected chi connectivity index (χ0v) is 8.79. The largest absolute Gasteiger partial charge is 0.461 e. The summed E-state index contributed by atoms with van der Waals surface area (Å²) >= 11 is 0.434. The van der Waals surface area contributed by atoms with Crippen molar-refractivity contribution in [1.29, 1.82) is 0 Å². The van der Waals surface area contributed by atoms with Crippen LogP contribution >= 0.6 is 11.3 Å². The van der Waals surface area contributed by atoms with Crippen LogP contribution in [0.15, 0.2) is 22.8 Å². The lowest BCUT2D eigenvalue weighted by Crippen LogP contribution is -2.05. The SMILES string of the molecule is FC(F)(F)c1nn2c(-c3ccco3)nnc2s1. The maximum Gasteiger partial charge on any atom is 0.445 e. The molecule has 0 spiro atoms. The van der Waals surface area contributed by atoms with E-state index in [1.807, 2.05) is 0 Å². The quantitative estimate of drug-likeness (QED) is 0.674. The highest BCUT2D eigenvalue weighted by atomic mass is 32.1. The second kappa shape index (κ2) is 3.29. The highest BCUT2D eigenvalue weighted by molar-refractivity contribution is 7.16. The number of fused-ring (bicyclic) bond motifs is 1. The monoisotopic (exact) mass is 260 g/mol. The maximum atomic E-state index is 12.4. The molecule has 0 fully saturated rings. The van der Waals surface area contributed by atoms with Gasteiger partial charge >= 0.3 is 6.18 Å². The summed E-state index contributed by atoms with van der Waals surface area (Å²) in [5, 5.41) is 9.80. The summed E-state index contributed by atoms with van der Waals surface area (Å²) < 4.78 is 43.4. The van der Waals surface area contributed by atoms with Gasteiger partial charge in [-0.2, -0.15) is 17.7 Å². The number of rotatable bonds is 1. The lowest BCUT2D eigenvalue weighted by molar-refractivity contribution is -0.138. The fraction of sp³-hybridized carbons (Fsp3) is 0.125. The summed E-state index contributed by atoms with van der Waals surface area (Å²) in [5.74, 6) is 0.466. The minimum atomic E-state index is -4.48. The van der Waals surface area contributed by atoms with Crippen molar-refractivity contribution in [2.45, 2.75) is 6.18 Å². The fourth-order valence-corrected chi connectivity index (χ4v) is 2.00. The van der Waals surface area contributed by atoms with E-state index in [4.69, 9.17) is 4.42 Å². The van der Waals surface area contributed by atoms with Gasteiger partial charge < -0.3 is 4.42 Å². The van der Waals surface area contributed by atoms with Crippen LogP contribution in [0.25, 0.3) is 16.5 Å². The Bertz CT molecular complexity index is 654. The molecule has 88 valence electrons. The lowest BCUT2D eigenvalue weighted by Gasteiger charge is -1.98. The zero-order valence-electron chi connectivity index (χ0n) is 7.97. The van der Waals surface area contributed by atoms with Gasteiger partial charge in [-0.05, 0) is 12.1 Å². The van der Waals surface area contributed by atoms with Gasteiger partial charge in [-0.15, -0.1) is 15.3 Å². The normalized spacial score (nSPS) is 12.4. The van der Waals surface area contributed by atoms with Crippen molar-refractivity contribution in [3.63, 3.8) is 0 Å². The Kier molecular flexibility index (Phi) is 1.99. The predicted octanol–water partition coefficient (Wildman–Crippen LogP) is 2.46. The van der Waals surface area contributed by atoms with Gasteiger partial charge in [-0.25, -0.2) is 0 Å². The number of alkyl halides is 3. The van der Waals surface area contributed by atoms with Crippen molar-refractivity contribution in [2.24, 2.45) is 0 Å². The van der Waals surface area contributed by atoms with E-state index in [0.717, 1.165) is 4.52 Å². The van der Waals surface area contributed by atoms with Gasteiger partial charge in [0, 0.05) is 0 Å². The second-order valence-corrected chi connectivity index (χ2v) is 4.06. The first kappa shape index (κ1) is 10.3. The predicted molar refractivity (Wildman–Crippen MR) is 51.4 cm³/mol. The number of hydrogen-bond donors (Lipinski definition) is 0. The lowest BCUT2D eigenvalue weighted by atomic mass is 10.4. The van der Waals surface area contributed by atoms with E-state index in [9.17, 15) is 13.2 Å². The van der Waals surface area contributed by atoms with Crippen LogP contribution in [0.1, 0.15) is 5.01 Å². The first-order valence-electron chi connectivity index (χ1n) is 4.39. The highest BCUT2D eigenvalue weighted by Crippen LogP contribution is 2.33. The summed E-state index contributed by atoms with van der Waals surface area (Å²) in [7, 11) is 0. The van der Waals surface area contributed by atoms with Crippen molar-refractivity contribution < 1.29 is 17.6 Å². The Balaban J connectivity index is 2.19. The average molecular weight is 260 g/mol. The van der Waals surface area contributed by atoms with Crippen LogP contribution in [0.4, 0.5) is 13.2 Å². The van der Waals surface area contributed by atoms with Gasteiger partial charge in [-0.3, -0.25) is 0 Å². The highest BCUT2D eigenvalue weighted by Gasteiger charge is 2.36. The molecule has 0 amide bonds. The van der Waals surface area contributed by atoms with Crippen molar-refractivity contribution >= 4 is 16.3 Å². The molecule has 0 unspecified atom stereocenters. The van der Waals surface area contributed by atoms with E-state index in [0.29, 0.717) is 17.1 Å². The van der Waals surface area contributed by atoms with Gasteiger partial charge in [0.15, 0.2) is 5.76 Å². The van der Waals surface area contributed by atoms with E-state index < -0.39 is 11.2 Å². The summed E-state index contributed by atoms with van der Waals surface area (Å²) in [5.41, 5.74) is 0. The van der Waals surface area contributed by atoms with Crippen LogP contribution in [0.3, 0.4) is 0 Å². The molecule has 0 aromatic carbocycles. The van der Waals surface area contributed by atoms with Gasteiger partial charge in [0.25, 0.3) is 0 Å². The molecule has 3 rings (SSSR count). The zero-order chi connectivity index (χ0) is 12.0. The van der Waals surface area contributed by atoms with Crippen molar-refractivity contribution in [3.05, 3.63) is 23.4 Å². The smallest absolute Gasteiger partial charge is 0.445 e. The minimum Gasteiger partial charge on any atom is -0.461 e. The van der Waals surface area contributed by atoms with Crippen LogP contribution in [-0.4, -0.2) is 19.8 Å². The topological polar surface area (TPSA) is 56.2 Å². The molecule has 0 N–H and O–H groups in total. The molecule has 0 radical (unpaired) electrons. The van der Waals surface area contributed by atoms with Crippen LogP contribution in [0.2, 0.25) is 0 Å². The third kappa shape index (κ3) is 1.58. The number of furan rings is 1.